The first-order chi connectivity index (χ1) is 8.02. The first kappa shape index (κ1) is 12.5. The van der Waals surface area contributed by atoms with Gasteiger partial charge in [-0.05, 0) is 12.3 Å². The minimum Gasteiger partial charge on any atom is -0.271 e. The summed E-state index contributed by atoms with van der Waals surface area (Å²) in [5.74, 6) is 6.83. The molecule has 1 aromatic rings. The lowest BCUT2D eigenvalue weighted by Gasteiger charge is -2.20. The van der Waals surface area contributed by atoms with E-state index >= 15 is 0 Å². The fourth-order valence-corrected chi connectivity index (χ4v) is 4.08. The van der Waals surface area contributed by atoms with Gasteiger partial charge in [-0.3, -0.25) is 16.0 Å². The van der Waals surface area contributed by atoms with Gasteiger partial charge in [-0.15, -0.1) is 0 Å². The Balaban J connectivity index is 2.05. The van der Waals surface area contributed by atoms with Crippen molar-refractivity contribution < 1.29 is 8.42 Å². The van der Waals surface area contributed by atoms with Gasteiger partial charge < -0.3 is 0 Å². The molecule has 0 amide bonds. The van der Waals surface area contributed by atoms with Crippen molar-refractivity contribution in [2.75, 3.05) is 11.5 Å². The van der Waals surface area contributed by atoms with Gasteiger partial charge in [-0.1, -0.05) is 0 Å². The molecule has 2 rings (SSSR count). The molecular weight excluding hydrogens is 242 g/mol. The van der Waals surface area contributed by atoms with E-state index in [0.29, 0.717) is 12.8 Å². The number of rotatable bonds is 4. The summed E-state index contributed by atoms with van der Waals surface area (Å²) in [6.45, 7) is 0. The lowest BCUT2D eigenvalue weighted by molar-refractivity contribution is 0.375. The number of nitrogens with one attached hydrogen (secondary N) is 1. The Labute approximate surface area is 100 Å². The highest BCUT2D eigenvalue weighted by Gasteiger charge is 2.33. The highest BCUT2D eigenvalue weighted by atomic mass is 32.2. The summed E-state index contributed by atoms with van der Waals surface area (Å²) < 4.78 is 24.5. The topological polar surface area (TPSA) is 103 Å². The van der Waals surface area contributed by atoms with E-state index < -0.39 is 9.84 Å². The Morgan fingerprint density at radius 1 is 1.71 bits per heavy atom. The number of sulfone groups is 1. The molecule has 1 saturated heterocycles. The van der Waals surface area contributed by atoms with E-state index in [1.165, 1.54) is 6.33 Å². The van der Waals surface area contributed by atoms with E-state index in [2.05, 4.69) is 15.5 Å². The molecule has 0 aromatic carbocycles. The summed E-state index contributed by atoms with van der Waals surface area (Å²) >= 11 is 0. The zero-order chi connectivity index (χ0) is 12.5. The molecule has 2 heterocycles. The Kier molecular flexibility index (Phi) is 3.45. The van der Waals surface area contributed by atoms with Gasteiger partial charge in [0.1, 0.15) is 12.2 Å². The summed E-state index contributed by atoms with van der Waals surface area (Å²) in [5, 5.41) is 3.98. The predicted octanol–water partition coefficient (Wildman–Crippen LogP) is -1.38. The number of hydrogen-bond acceptors (Lipinski definition) is 6. The molecular formula is C9H17N5O2S. The summed E-state index contributed by atoms with van der Waals surface area (Å²) in [7, 11) is -1.07. The molecule has 96 valence electrons. The second-order valence-corrected chi connectivity index (χ2v) is 6.67. The van der Waals surface area contributed by atoms with Gasteiger partial charge in [0, 0.05) is 19.5 Å². The molecule has 7 nitrogen and oxygen atoms in total. The maximum atomic E-state index is 11.4. The van der Waals surface area contributed by atoms with Crippen molar-refractivity contribution in [2.24, 2.45) is 18.8 Å². The van der Waals surface area contributed by atoms with Crippen LogP contribution in [0.5, 0.6) is 0 Å². The largest absolute Gasteiger partial charge is 0.271 e. The van der Waals surface area contributed by atoms with Crippen LogP contribution in [0.1, 0.15) is 12.2 Å². The molecule has 1 aliphatic rings. The molecule has 0 aliphatic carbocycles. The maximum absolute atomic E-state index is 11.4. The molecule has 0 saturated carbocycles. The Morgan fingerprint density at radius 2 is 2.47 bits per heavy atom. The predicted molar refractivity (Wildman–Crippen MR) is 62.6 cm³/mol. The van der Waals surface area contributed by atoms with Crippen LogP contribution in [0.3, 0.4) is 0 Å². The summed E-state index contributed by atoms with van der Waals surface area (Å²) in [6, 6.07) is -0.0739. The molecule has 8 heteroatoms. The van der Waals surface area contributed by atoms with Crippen LogP contribution in [0.4, 0.5) is 0 Å². The van der Waals surface area contributed by atoms with Gasteiger partial charge in [-0.25, -0.2) is 13.4 Å². The van der Waals surface area contributed by atoms with Crippen LogP contribution in [0.2, 0.25) is 0 Å². The van der Waals surface area contributed by atoms with Gasteiger partial charge >= 0.3 is 0 Å². The van der Waals surface area contributed by atoms with Crippen molar-refractivity contribution in [3.05, 3.63) is 12.2 Å². The first-order valence-corrected chi connectivity index (χ1v) is 7.33. The van der Waals surface area contributed by atoms with Crippen molar-refractivity contribution in [1.82, 2.24) is 20.2 Å². The van der Waals surface area contributed by atoms with E-state index in [1.807, 2.05) is 0 Å². The summed E-state index contributed by atoms with van der Waals surface area (Å²) in [6.07, 6.45) is 2.73. The normalized spacial score (nSPS) is 24.9. The Hall–Kier alpha value is -0.990. The highest BCUT2D eigenvalue weighted by molar-refractivity contribution is 7.91. The molecule has 0 radical (unpaired) electrons. The lowest BCUT2D eigenvalue weighted by Crippen LogP contribution is -2.43. The van der Waals surface area contributed by atoms with Crippen LogP contribution in [-0.2, 0) is 23.3 Å². The third kappa shape index (κ3) is 2.82. The standard InChI is InChI=1S/C9H17N5O2S/c1-14-9(11-6-12-14)4-8(13-10)7-2-3-17(15,16)5-7/h6-8,13H,2-5,10H2,1H3. The van der Waals surface area contributed by atoms with E-state index in [9.17, 15) is 8.42 Å². The maximum Gasteiger partial charge on any atom is 0.150 e. The molecule has 17 heavy (non-hydrogen) atoms. The second kappa shape index (κ2) is 4.71. The van der Waals surface area contributed by atoms with Crippen LogP contribution in [-0.4, -0.2) is 40.7 Å². The van der Waals surface area contributed by atoms with Crippen molar-refractivity contribution in [3.63, 3.8) is 0 Å². The number of nitrogens with zero attached hydrogens (tertiary/aromatic N) is 3. The molecule has 0 bridgehead atoms. The molecule has 1 fully saturated rings. The number of aromatic nitrogens is 3. The fraction of sp³-hybridized carbons (Fsp3) is 0.778. The average molecular weight is 259 g/mol. The summed E-state index contributed by atoms with van der Waals surface area (Å²) in [5.41, 5.74) is 2.70. The molecule has 2 atom stereocenters. The smallest absolute Gasteiger partial charge is 0.150 e. The van der Waals surface area contributed by atoms with Crippen LogP contribution < -0.4 is 11.3 Å². The third-order valence-corrected chi connectivity index (χ3v) is 5.05. The van der Waals surface area contributed by atoms with Gasteiger partial charge in [0.2, 0.25) is 0 Å². The number of hydrazine groups is 1. The third-order valence-electron chi connectivity index (χ3n) is 3.26. The van der Waals surface area contributed by atoms with E-state index in [0.717, 1.165) is 5.82 Å². The Bertz CT molecular complexity index is 483. The molecule has 3 N–H and O–H groups in total. The molecule has 0 spiro atoms. The van der Waals surface area contributed by atoms with Crippen molar-refractivity contribution in [2.45, 2.75) is 18.9 Å². The fourth-order valence-electron chi connectivity index (χ4n) is 2.20. The van der Waals surface area contributed by atoms with E-state index in [1.54, 1.807) is 11.7 Å². The highest BCUT2D eigenvalue weighted by Crippen LogP contribution is 2.23. The summed E-state index contributed by atoms with van der Waals surface area (Å²) in [4.78, 5) is 4.12. The van der Waals surface area contributed by atoms with Crippen LogP contribution in [0.15, 0.2) is 6.33 Å². The molecule has 2 unspecified atom stereocenters. The van der Waals surface area contributed by atoms with Crippen LogP contribution in [0, 0.1) is 5.92 Å². The monoisotopic (exact) mass is 259 g/mol. The zero-order valence-electron chi connectivity index (χ0n) is 9.70. The first-order valence-electron chi connectivity index (χ1n) is 5.51. The second-order valence-electron chi connectivity index (χ2n) is 4.44. The van der Waals surface area contributed by atoms with Crippen molar-refractivity contribution in [3.8, 4) is 0 Å². The Morgan fingerprint density at radius 3 is 2.94 bits per heavy atom. The zero-order valence-corrected chi connectivity index (χ0v) is 10.5. The number of nitrogens with two attached hydrogens (primary N) is 1. The van der Waals surface area contributed by atoms with Crippen LogP contribution >= 0.6 is 0 Å². The minimum atomic E-state index is -2.88. The van der Waals surface area contributed by atoms with Gasteiger partial charge in [-0.2, -0.15) is 5.10 Å². The van der Waals surface area contributed by atoms with Gasteiger partial charge in [0.15, 0.2) is 9.84 Å². The van der Waals surface area contributed by atoms with E-state index in [4.69, 9.17) is 5.84 Å². The minimum absolute atomic E-state index is 0.0571. The number of hydrogen-bond donors (Lipinski definition) is 2. The molecule has 1 aliphatic heterocycles. The van der Waals surface area contributed by atoms with Gasteiger partial charge in [0.05, 0.1) is 11.5 Å². The quantitative estimate of drug-likeness (QED) is 0.510. The van der Waals surface area contributed by atoms with Crippen LogP contribution in [0.25, 0.3) is 0 Å². The van der Waals surface area contributed by atoms with Crippen molar-refractivity contribution in [1.29, 1.82) is 0 Å². The number of aryl methyl sites for hydroxylation is 1. The van der Waals surface area contributed by atoms with E-state index in [-0.39, 0.29) is 23.5 Å². The average Bonchev–Trinajstić information content (AvgIpc) is 2.82. The molecule has 1 aromatic heterocycles. The SMILES string of the molecule is Cn1ncnc1CC(NN)C1CCS(=O)(=O)C1. The van der Waals surface area contributed by atoms with Crippen molar-refractivity contribution >= 4 is 9.84 Å². The lowest BCUT2D eigenvalue weighted by atomic mass is 9.97. The van der Waals surface area contributed by atoms with Gasteiger partial charge in [0.25, 0.3) is 0 Å².